The van der Waals surface area contributed by atoms with Gasteiger partial charge in [-0.15, -0.1) is 0 Å². The predicted octanol–water partition coefficient (Wildman–Crippen LogP) is 9.88. The summed E-state index contributed by atoms with van der Waals surface area (Å²) in [4.78, 5) is 9.81. The summed E-state index contributed by atoms with van der Waals surface area (Å²) in [6.45, 7) is 0. The van der Waals surface area contributed by atoms with Crippen molar-refractivity contribution in [3.8, 4) is 40.0 Å². The second-order valence-electron chi connectivity index (χ2n) is 11.4. The van der Waals surface area contributed by atoms with Crippen LogP contribution in [-0.2, 0) is 0 Å². The Labute approximate surface area is 264 Å². The molecule has 0 bridgehead atoms. The first kappa shape index (κ1) is 25.9. The number of aromatic nitrogens is 4. The first-order valence-electron chi connectivity index (χ1n) is 15.2. The van der Waals surface area contributed by atoms with Crippen LogP contribution in [0.15, 0.2) is 152 Å². The fourth-order valence-electron chi connectivity index (χ4n) is 6.96. The number of benzene rings is 5. The van der Waals surface area contributed by atoms with Crippen LogP contribution < -0.4 is 0 Å². The molecule has 0 amide bonds. The number of nitriles is 1. The normalized spacial score (nSPS) is 11.5. The zero-order valence-corrected chi connectivity index (χ0v) is 24.7. The van der Waals surface area contributed by atoms with Gasteiger partial charge >= 0.3 is 0 Å². The molecular weight excluding hydrogens is 562 g/mol. The molecule has 0 unspecified atom stereocenters. The number of fused-ring (bicyclic) bond motifs is 6. The second-order valence-corrected chi connectivity index (χ2v) is 11.4. The molecule has 9 rings (SSSR count). The van der Waals surface area contributed by atoms with Gasteiger partial charge in [-0.05, 0) is 54.6 Å². The molecule has 4 aromatic heterocycles. The predicted molar refractivity (Wildman–Crippen MR) is 186 cm³/mol. The Kier molecular flexibility index (Phi) is 5.81. The van der Waals surface area contributed by atoms with Crippen LogP contribution in [0.1, 0.15) is 5.56 Å². The van der Waals surface area contributed by atoms with E-state index in [2.05, 4.69) is 129 Å². The summed E-state index contributed by atoms with van der Waals surface area (Å²) >= 11 is 0. The van der Waals surface area contributed by atoms with Gasteiger partial charge in [0.1, 0.15) is 0 Å². The van der Waals surface area contributed by atoms with Crippen molar-refractivity contribution in [1.82, 2.24) is 19.1 Å². The van der Waals surface area contributed by atoms with Crippen molar-refractivity contribution in [2.75, 3.05) is 0 Å². The van der Waals surface area contributed by atoms with Crippen LogP contribution in [-0.4, -0.2) is 19.1 Å². The minimum atomic E-state index is 0.567. The molecule has 5 aromatic carbocycles. The van der Waals surface area contributed by atoms with Crippen LogP contribution in [0, 0.1) is 11.3 Å². The Morgan fingerprint density at radius 2 is 0.978 bits per heavy atom. The molecule has 5 nitrogen and oxygen atoms in total. The van der Waals surface area contributed by atoms with E-state index >= 15 is 0 Å². The third-order valence-electron chi connectivity index (χ3n) is 8.88. The van der Waals surface area contributed by atoms with Crippen LogP contribution in [0.2, 0.25) is 0 Å². The number of hydrogen-bond donors (Lipinski definition) is 0. The first-order valence-corrected chi connectivity index (χ1v) is 15.2. The summed E-state index contributed by atoms with van der Waals surface area (Å²) in [5.74, 6) is 0. The molecule has 214 valence electrons. The second kappa shape index (κ2) is 10.3. The molecule has 0 saturated heterocycles. The molecule has 0 spiro atoms. The highest BCUT2D eigenvalue weighted by Gasteiger charge is 2.20. The van der Waals surface area contributed by atoms with Gasteiger partial charge in [0.25, 0.3) is 0 Å². The monoisotopic (exact) mass is 587 g/mol. The average Bonchev–Trinajstić information content (AvgIpc) is 3.64. The number of pyridine rings is 2. The van der Waals surface area contributed by atoms with Gasteiger partial charge in [0.15, 0.2) is 0 Å². The Morgan fingerprint density at radius 1 is 0.478 bits per heavy atom. The van der Waals surface area contributed by atoms with E-state index in [9.17, 15) is 5.26 Å². The fraction of sp³-hybridized carbons (Fsp3) is 0. The zero-order valence-electron chi connectivity index (χ0n) is 24.7. The Morgan fingerprint density at radius 3 is 1.54 bits per heavy atom. The minimum absolute atomic E-state index is 0.567. The van der Waals surface area contributed by atoms with Crippen LogP contribution in [0.5, 0.6) is 0 Å². The quantitative estimate of drug-likeness (QED) is 0.206. The summed E-state index contributed by atoms with van der Waals surface area (Å²) in [7, 11) is 0. The van der Waals surface area contributed by atoms with Crippen LogP contribution in [0.25, 0.3) is 77.5 Å². The average molecular weight is 588 g/mol. The molecule has 5 heteroatoms. The van der Waals surface area contributed by atoms with Gasteiger partial charge in [0.2, 0.25) is 0 Å². The van der Waals surface area contributed by atoms with Crippen molar-refractivity contribution in [3.63, 3.8) is 0 Å². The van der Waals surface area contributed by atoms with Gasteiger partial charge in [-0.2, -0.15) is 5.26 Å². The van der Waals surface area contributed by atoms with E-state index in [1.807, 2.05) is 42.7 Å². The summed E-state index contributed by atoms with van der Waals surface area (Å²) in [6, 6.07) is 50.2. The standard InChI is InChI=1S/C41H25N5/c42-25-27-11-9-22-40(46-37-20-7-3-14-30(37)31-15-4-8-21-38(31)46)41(27)34-17-10-16-33(44-34)32-26-43-24-23-39(32)45-35-18-5-1-12-28(35)29-13-2-6-19-36(29)45/h1-24,26H. The van der Waals surface area contributed by atoms with Gasteiger partial charge in [-0.25, -0.2) is 4.98 Å². The Balaban J connectivity index is 1.29. The van der Waals surface area contributed by atoms with Gasteiger partial charge in [0.05, 0.1) is 56.5 Å². The van der Waals surface area contributed by atoms with Crippen LogP contribution >= 0.6 is 0 Å². The molecule has 9 aromatic rings. The van der Waals surface area contributed by atoms with Gasteiger partial charge in [-0.1, -0.05) is 84.9 Å². The number of rotatable bonds is 4. The molecule has 0 aliphatic carbocycles. The van der Waals surface area contributed by atoms with E-state index in [-0.39, 0.29) is 0 Å². The lowest BCUT2D eigenvalue weighted by Gasteiger charge is -2.16. The maximum atomic E-state index is 10.4. The number of para-hydroxylation sites is 4. The summed E-state index contributed by atoms with van der Waals surface area (Å²) in [6.07, 6.45) is 3.71. The maximum Gasteiger partial charge on any atom is 0.0999 e. The van der Waals surface area contributed by atoms with Gasteiger partial charge in [0, 0.05) is 45.1 Å². The number of nitrogens with zero attached hydrogens (tertiary/aromatic N) is 5. The lowest BCUT2D eigenvalue weighted by molar-refractivity contribution is 1.14. The molecule has 0 radical (unpaired) electrons. The van der Waals surface area contributed by atoms with Gasteiger partial charge < -0.3 is 9.13 Å². The molecule has 0 saturated carbocycles. The van der Waals surface area contributed by atoms with Crippen LogP contribution in [0.3, 0.4) is 0 Å². The van der Waals surface area contributed by atoms with E-state index in [0.717, 1.165) is 56.0 Å². The largest absolute Gasteiger partial charge is 0.309 e. The van der Waals surface area contributed by atoms with Gasteiger partial charge in [-0.3, -0.25) is 4.98 Å². The summed E-state index contributed by atoms with van der Waals surface area (Å²) in [5.41, 5.74) is 10.1. The Hall–Kier alpha value is -6.51. The molecular formula is C41H25N5. The highest BCUT2D eigenvalue weighted by atomic mass is 15.0. The lowest BCUT2D eigenvalue weighted by atomic mass is 10.0. The molecule has 0 N–H and O–H groups in total. The van der Waals surface area contributed by atoms with E-state index in [4.69, 9.17) is 4.98 Å². The van der Waals surface area contributed by atoms with E-state index in [0.29, 0.717) is 5.56 Å². The number of hydrogen-bond acceptors (Lipinski definition) is 3. The van der Waals surface area contributed by atoms with Crippen molar-refractivity contribution in [1.29, 1.82) is 5.26 Å². The SMILES string of the molecule is N#Cc1cccc(-n2c3ccccc3c3ccccc32)c1-c1cccc(-c2cnccc2-n2c3ccccc3c3ccccc32)n1. The van der Waals surface area contributed by atoms with Crippen molar-refractivity contribution >= 4 is 43.6 Å². The topological polar surface area (TPSA) is 59.4 Å². The minimum Gasteiger partial charge on any atom is -0.309 e. The van der Waals surface area contributed by atoms with Crippen molar-refractivity contribution in [2.24, 2.45) is 0 Å². The highest BCUT2D eigenvalue weighted by Crippen LogP contribution is 2.39. The highest BCUT2D eigenvalue weighted by molar-refractivity contribution is 6.11. The van der Waals surface area contributed by atoms with Crippen molar-refractivity contribution < 1.29 is 0 Å². The van der Waals surface area contributed by atoms with E-state index < -0.39 is 0 Å². The third kappa shape index (κ3) is 3.81. The molecule has 0 aliphatic rings. The fourth-order valence-corrected chi connectivity index (χ4v) is 6.96. The summed E-state index contributed by atoms with van der Waals surface area (Å²) < 4.78 is 4.55. The molecule has 0 fully saturated rings. The molecule has 0 aliphatic heterocycles. The molecule has 0 atom stereocenters. The third-order valence-corrected chi connectivity index (χ3v) is 8.88. The first-order chi connectivity index (χ1) is 22.8. The lowest BCUT2D eigenvalue weighted by Crippen LogP contribution is -2.02. The van der Waals surface area contributed by atoms with Crippen LogP contribution in [0.4, 0.5) is 0 Å². The smallest absolute Gasteiger partial charge is 0.0999 e. The molecule has 46 heavy (non-hydrogen) atoms. The van der Waals surface area contributed by atoms with E-state index in [1.54, 1.807) is 0 Å². The summed E-state index contributed by atoms with van der Waals surface area (Å²) in [5, 5.41) is 15.1. The maximum absolute atomic E-state index is 10.4. The zero-order chi connectivity index (χ0) is 30.6. The van der Waals surface area contributed by atoms with E-state index in [1.165, 1.54) is 21.5 Å². The molecule has 4 heterocycles. The van der Waals surface area contributed by atoms with Crippen molar-refractivity contribution in [3.05, 3.63) is 157 Å². The van der Waals surface area contributed by atoms with Crippen molar-refractivity contribution in [2.45, 2.75) is 0 Å². The Bertz CT molecular complexity index is 2560.